The number of nitrogens with zero attached hydrogens (tertiary/aromatic N) is 2. The number of benzene rings is 1. The van der Waals surface area contributed by atoms with Crippen molar-refractivity contribution in [3.63, 3.8) is 0 Å². The Morgan fingerprint density at radius 3 is 2.81 bits per heavy atom. The van der Waals surface area contributed by atoms with Crippen LogP contribution >= 0.6 is 0 Å². The van der Waals surface area contributed by atoms with Crippen LogP contribution in [0.1, 0.15) is 20.3 Å². The molecule has 6 nitrogen and oxygen atoms in total. The number of fused-ring (bicyclic) bond motifs is 1. The van der Waals surface area contributed by atoms with Crippen molar-refractivity contribution in [1.29, 1.82) is 0 Å². The van der Waals surface area contributed by atoms with Crippen LogP contribution in [0, 0.1) is 0 Å². The fraction of sp³-hybridized carbons (Fsp3) is 0.467. The number of hydrogen-bond acceptors (Lipinski definition) is 5. The first-order valence-corrected chi connectivity index (χ1v) is 6.98. The first-order valence-electron chi connectivity index (χ1n) is 6.98. The van der Waals surface area contributed by atoms with E-state index in [1.54, 1.807) is 4.57 Å². The van der Waals surface area contributed by atoms with Crippen molar-refractivity contribution >= 4 is 11.0 Å². The zero-order valence-electron chi connectivity index (χ0n) is 12.3. The van der Waals surface area contributed by atoms with Crippen molar-refractivity contribution in [3.8, 4) is 5.88 Å². The summed E-state index contributed by atoms with van der Waals surface area (Å²) in [5.41, 5.74) is 1.09. The molecule has 114 valence electrons. The summed E-state index contributed by atoms with van der Waals surface area (Å²) in [5.74, 6) is 0.0206. The maximum Gasteiger partial charge on any atom is 0.313 e. The maximum atomic E-state index is 12.4. The number of aliphatic hydroxyl groups excluding tert-OH is 1. The van der Waals surface area contributed by atoms with E-state index in [1.807, 2.05) is 38.1 Å². The molecule has 6 heteroatoms. The second-order valence-electron chi connectivity index (χ2n) is 4.92. The number of aromatic nitrogens is 2. The van der Waals surface area contributed by atoms with E-state index in [1.165, 1.54) is 0 Å². The van der Waals surface area contributed by atoms with E-state index in [9.17, 15) is 4.79 Å². The molecule has 1 aromatic carbocycles. The quantitative estimate of drug-likeness (QED) is 0.784. The molecule has 2 aromatic rings. The van der Waals surface area contributed by atoms with Crippen molar-refractivity contribution in [1.82, 2.24) is 9.55 Å². The lowest BCUT2D eigenvalue weighted by Gasteiger charge is -2.13. The van der Waals surface area contributed by atoms with Gasteiger partial charge in [0.05, 0.1) is 17.1 Å². The molecule has 0 fully saturated rings. The second kappa shape index (κ2) is 7.19. The first-order chi connectivity index (χ1) is 10.1. The van der Waals surface area contributed by atoms with Crippen molar-refractivity contribution in [2.24, 2.45) is 0 Å². The van der Waals surface area contributed by atoms with E-state index < -0.39 is 0 Å². The van der Waals surface area contributed by atoms with Crippen molar-refractivity contribution in [3.05, 3.63) is 34.6 Å². The van der Waals surface area contributed by atoms with E-state index in [0.29, 0.717) is 18.5 Å². The van der Waals surface area contributed by atoms with Gasteiger partial charge in [-0.05, 0) is 32.4 Å². The molecule has 1 aromatic heterocycles. The minimum atomic E-state index is -0.311. The molecule has 1 N–H and O–H groups in total. The predicted octanol–water partition coefficient (Wildman–Crippen LogP) is 1.54. The number of para-hydroxylation sites is 2. The van der Waals surface area contributed by atoms with Gasteiger partial charge in [-0.15, -0.1) is 0 Å². The Balaban J connectivity index is 2.37. The van der Waals surface area contributed by atoms with E-state index >= 15 is 0 Å². The van der Waals surface area contributed by atoms with Gasteiger partial charge in [0.15, 0.2) is 6.79 Å². The van der Waals surface area contributed by atoms with Gasteiger partial charge >= 0.3 is 5.56 Å². The molecule has 0 aliphatic heterocycles. The van der Waals surface area contributed by atoms with Gasteiger partial charge in [-0.1, -0.05) is 12.1 Å². The SMILES string of the molecule is CC(C)OCOc1nc2ccccc2n(CCCO)c1=O. The molecule has 0 saturated carbocycles. The second-order valence-corrected chi connectivity index (χ2v) is 4.92. The van der Waals surface area contributed by atoms with Gasteiger partial charge in [-0.2, -0.15) is 0 Å². The summed E-state index contributed by atoms with van der Waals surface area (Å²) in [6.07, 6.45) is 0.512. The Hall–Kier alpha value is -1.92. The van der Waals surface area contributed by atoms with Crippen molar-refractivity contribution in [2.45, 2.75) is 32.9 Å². The van der Waals surface area contributed by atoms with Crippen LogP contribution in [0.4, 0.5) is 0 Å². The minimum absolute atomic E-state index is 0.0156. The van der Waals surface area contributed by atoms with Crippen LogP contribution in [-0.4, -0.2) is 34.2 Å². The Kier molecular flexibility index (Phi) is 5.30. The van der Waals surface area contributed by atoms with Gasteiger partial charge in [-0.3, -0.25) is 4.79 Å². The topological polar surface area (TPSA) is 73.6 Å². The van der Waals surface area contributed by atoms with E-state index in [2.05, 4.69) is 4.98 Å². The lowest BCUT2D eigenvalue weighted by atomic mass is 10.3. The van der Waals surface area contributed by atoms with Crippen LogP contribution in [-0.2, 0) is 11.3 Å². The zero-order valence-corrected chi connectivity index (χ0v) is 12.3. The molecule has 1 heterocycles. The van der Waals surface area contributed by atoms with Crippen LogP contribution < -0.4 is 10.3 Å². The normalized spacial score (nSPS) is 11.2. The Morgan fingerprint density at radius 1 is 1.33 bits per heavy atom. The molecule has 21 heavy (non-hydrogen) atoms. The van der Waals surface area contributed by atoms with E-state index in [-0.39, 0.29) is 30.9 Å². The summed E-state index contributed by atoms with van der Waals surface area (Å²) in [6, 6.07) is 7.35. The minimum Gasteiger partial charge on any atom is -0.447 e. The lowest BCUT2D eigenvalue weighted by molar-refractivity contribution is -0.0228. The third kappa shape index (κ3) is 3.80. The molecule has 0 aliphatic rings. The molecule has 0 atom stereocenters. The summed E-state index contributed by atoms with van der Waals surface area (Å²) >= 11 is 0. The first kappa shape index (κ1) is 15.5. The van der Waals surface area contributed by atoms with Crippen LogP contribution in [0.3, 0.4) is 0 Å². The fourth-order valence-electron chi connectivity index (χ4n) is 1.94. The van der Waals surface area contributed by atoms with Gasteiger partial charge in [0.2, 0.25) is 0 Å². The summed E-state index contributed by atoms with van der Waals surface area (Å²) < 4.78 is 12.2. The highest BCUT2D eigenvalue weighted by Crippen LogP contribution is 2.13. The van der Waals surface area contributed by atoms with Gasteiger partial charge in [0, 0.05) is 13.2 Å². The number of aliphatic hydroxyl groups is 1. The molecule has 0 radical (unpaired) electrons. The molecular weight excluding hydrogens is 272 g/mol. The van der Waals surface area contributed by atoms with Crippen LogP contribution in [0.15, 0.2) is 29.1 Å². The summed E-state index contributed by atoms with van der Waals surface area (Å²) in [6.45, 7) is 4.20. The Labute approximate surface area is 122 Å². The van der Waals surface area contributed by atoms with Crippen LogP contribution in [0.25, 0.3) is 11.0 Å². The Bertz CT molecular complexity index is 652. The van der Waals surface area contributed by atoms with Gasteiger partial charge in [0.1, 0.15) is 0 Å². The maximum absolute atomic E-state index is 12.4. The smallest absolute Gasteiger partial charge is 0.313 e. The molecular formula is C15H20N2O4. The van der Waals surface area contributed by atoms with Crippen LogP contribution in [0.5, 0.6) is 5.88 Å². The Morgan fingerprint density at radius 2 is 2.10 bits per heavy atom. The molecule has 0 unspecified atom stereocenters. The molecule has 0 aliphatic carbocycles. The molecule has 0 spiro atoms. The largest absolute Gasteiger partial charge is 0.447 e. The molecule has 0 bridgehead atoms. The van der Waals surface area contributed by atoms with Gasteiger partial charge in [0.25, 0.3) is 5.88 Å². The van der Waals surface area contributed by atoms with Gasteiger partial charge in [-0.25, -0.2) is 4.98 Å². The summed E-state index contributed by atoms with van der Waals surface area (Å²) in [7, 11) is 0. The molecule has 2 rings (SSSR count). The standard InChI is InChI=1S/C15H20N2O4/c1-11(2)20-10-21-14-15(19)17(8-5-9-18)13-7-4-3-6-12(13)16-14/h3-4,6-7,11,18H,5,8-10H2,1-2H3. The van der Waals surface area contributed by atoms with Crippen LogP contribution in [0.2, 0.25) is 0 Å². The molecule has 0 amide bonds. The highest BCUT2D eigenvalue weighted by atomic mass is 16.7. The number of ether oxygens (including phenoxy) is 2. The third-order valence-corrected chi connectivity index (χ3v) is 2.96. The highest BCUT2D eigenvalue weighted by Gasteiger charge is 2.12. The van der Waals surface area contributed by atoms with Gasteiger partial charge < -0.3 is 19.1 Å². The van der Waals surface area contributed by atoms with E-state index in [4.69, 9.17) is 14.6 Å². The lowest BCUT2D eigenvalue weighted by Crippen LogP contribution is -2.25. The van der Waals surface area contributed by atoms with Crippen molar-refractivity contribution < 1.29 is 14.6 Å². The summed E-state index contributed by atoms with van der Waals surface area (Å²) in [5, 5.41) is 8.98. The van der Waals surface area contributed by atoms with E-state index in [0.717, 1.165) is 5.52 Å². The average molecular weight is 292 g/mol. The zero-order chi connectivity index (χ0) is 15.2. The predicted molar refractivity (Wildman–Crippen MR) is 79.4 cm³/mol. The monoisotopic (exact) mass is 292 g/mol. The highest BCUT2D eigenvalue weighted by molar-refractivity contribution is 5.74. The number of rotatable bonds is 7. The number of aryl methyl sites for hydroxylation is 1. The van der Waals surface area contributed by atoms with Crippen molar-refractivity contribution in [2.75, 3.05) is 13.4 Å². The fourth-order valence-corrected chi connectivity index (χ4v) is 1.94. The average Bonchev–Trinajstić information content (AvgIpc) is 2.47. The third-order valence-electron chi connectivity index (χ3n) is 2.96. The summed E-state index contributed by atoms with van der Waals surface area (Å²) in [4.78, 5) is 16.6. The molecule has 0 saturated heterocycles. The number of hydrogen-bond donors (Lipinski definition) is 1.